The molecule has 96 valence electrons. The molecule has 0 aliphatic rings. The van der Waals surface area contributed by atoms with Gasteiger partial charge in [-0.3, -0.25) is 0 Å². The van der Waals surface area contributed by atoms with Crippen molar-refractivity contribution in [2.75, 3.05) is 12.3 Å². The molecular weight excluding hydrogens is 239 g/mol. The average molecular weight is 260 g/mol. The maximum absolute atomic E-state index is 6.43. The Morgan fingerprint density at radius 1 is 0.778 bits per heavy atom. The molecule has 0 heterocycles. The summed E-state index contributed by atoms with van der Waals surface area (Å²) in [6, 6.07) is 20.9. The molecule has 0 amide bonds. The van der Waals surface area contributed by atoms with E-state index < -0.39 is 7.49 Å². The van der Waals surface area contributed by atoms with E-state index in [1.807, 2.05) is 18.2 Å². The van der Waals surface area contributed by atoms with Crippen LogP contribution in [0.1, 0.15) is 13.8 Å². The van der Waals surface area contributed by atoms with Gasteiger partial charge in [-0.15, -0.1) is 0 Å². The Labute approximate surface area is 110 Å². The van der Waals surface area contributed by atoms with Gasteiger partial charge in [0.15, 0.2) is 0 Å². The van der Waals surface area contributed by atoms with Crippen molar-refractivity contribution in [2.45, 2.75) is 13.8 Å². The number of para-hydroxylation sites is 1. The van der Waals surface area contributed by atoms with Crippen molar-refractivity contribution >= 4 is 12.8 Å². The third kappa shape index (κ3) is 2.73. The molecule has 0 spiro atoms. The Hall–Kier alpha value is -1.33. The molecule has 2 aromatic carbocycles. The fourth-order valence-electron chi connectivity index (χ4n) is 2.32. The molecule has 1 nitrogen and oxygen atoms in total. The van der Waals surface area contributed by atoms with Crippen LogP contribution in [0.3, 0.4) is 0 Å². The van der Waals surface area contributed by atoms with E-state index in [0.29, 0.717) is 0 Å². The standard InChI is InChI=1S/C16H21OP/c1-3-18(4-2,16-13-9-6-10-14-16)17-15-11-7-5-8-12-15/h5-14,18H,3-4H2,1-2H3. The third-order valence-corrected chi connectivity index (χ3v) is 7.79. The van der Waals surface area contributed by atoms with Crippen molar-refractivity contribution < 1.29 is 4.52 Å². The Morgan fingerprint density at radius 3 is 1.78 bits per heavy atom. The molecule has 0 saturated carbocycles. The molecule has 2 heteroatoms. The van der Waals surface area contributed by atoms with E-state index >= 15 is 0 Å². The molecule has 0 aromatic heterocycles. The normalized spacial score (nSPS) is 12.1. The van der Waals surface area contributed by atoms with Gasteiger partial charge in [-0.05, 0) is 0 Å². The molecule has 0 atom stereocenters. The minimum absolute atomic E-state index is 0.997. The molecule has 0 aliphatic carbocycles. The Kier molecular flexibility index (Phi) is 4.38. The molecule has 2 aromatic rings. The first-order chi connectivity index (χ1) is 8.80. The zero-order valence-corrected chi connectivity index (χ0v) is 12.1. The molecule has 0 aliphatic heterocycles. The van der Waals surface area contributed by atoms with E-state index in [4.69, 9.17) is 4.52 Å². The molecule has 0 bridgehead atoms. The number of rotatable bonds is 5. The topological polar surface area (TPSA) is 9.23 Å². The van der Waals surface area contributed by atoms with E-state index in [1.54, 1.807) is 0 Å². The molecule has 2 rings (SSSR count). The van der Waals surface area contributed by atoms with Crippen molar-refractivity contribution in [3.05, 3.63) is 60.7 Å². The van der Waals surface area contributed by atoms with E-state index in [9.17, 15) is 0 Å². The van der Waals surface area contributed by atoms with Gasteiger partial charge in [0.1, 0.15) is 0 Å². The van der Waals surface area contributed by atoms with Gasteiger partial charge in [-0.2, -0.15) is 0 Å². The van der Waals surface area contributed by atoms with Gasteiger partial charge >= 0.3 is 110 Å². The summed E-state index contributed by atoms with van der Waals surface area (Å²) in [4.78, 5) is 0. The molecule has 0 N–H and O–H groups in total. The zero-order chi connectivity index (χ0) is 12.8. The molecule has 0 radical (unpaired) electrons. The summed E-state index contributed by atoms with van der Waals surface area (Å²) < 4.78 is 6.43. The first-order valence-electron chi connectivity index (χ1n) is 6.60. The summed E-state index contributed by atoms with van der Waals surface area (Å²) in [5.74, 6) is 0.997. The van der Waals surface area contributed by atoms with Crippen molar-refractivity contribution in [2.24, 2.45) is 0 Å². The fourth-order valence-corrected chi connectivity index (χ4v) is 5.43. The number of hydrogen-bond acceptors (Lipinski definition) is 1. The Morgan fingerprint density at radius 2 is 1.28 bits per heavy atom. The summed E-state index contributed by atoms with van der Waals surface area (Å²) >= 11 is 0. The maximum atomic E-state index is 6.43. The quantitative estimate of drug-likeness (QED) is 0.735. The predicted octanol–water partition coefficient (Wildman–Crippen LogP) is 4.10. The van der Waals surface area contributed by atoms with Gasteiger partial charge in [0.05, 0.1) is 0 Å². The monoisotopic (exact) mass is 260 g/mol. The second-order valence-electron chi connectivity index (χ2n) is 4.48. The van der Waals surface area contributed by atoms with Gasteiger partial charge in [-0.1, -0.05) is 0 Å². The van der Waals surface area contributed by atoms with Crippen LogP contribution in [0, 0.1) is 0 Å². The summed E-state index contributed by atoms with van der Waals surface area (Å²) in [5, 5.41) is 1.39. The van der Waals surface area contributed by atoms with Crippen LogP contribution in [-0.2, 0) is 0 Å². The SMILES string of the molecule is CC[PH](CC)(Oc1ccccc1)c1ccccc1. The van der Waals surface area contributed by atoms with Gasteiger partial charge in [0, 0.05) is 0 Å². The van der Waals surface area contributed by atoms with E-state index in [-0.39, 0.29) is 0 Å². The van der Waals surface area contributed by atoms with E-state index in [1.165, 1.54) is 5.30 Å². The van der Waals surface area contributed by atoms with Crippen LogP contribution >= 0.6 is 7.49 Å². The van der Waals surface area contributed by atoms with Crippen LogP contribution in [0.15, 0.2) is 60.7 Å². The second kappa shape index (κ2) is 6.02. The summed E-state index contributed by atoms with van der Waals surface area (Å²) in [6.07, 6.45) is 2.20. The number of hydrogen-bond donors (Lipinski definition) is 0. The molecule has 0 fully saturated rings. The van der Waals surface area contributed by atoms with Crippen molar-refractivity contribution in [3.63, 3.8) is 0 Å². The Bertz CT molecular complexity index is 463. The first kappa shape index (κ1) is 13.1. The number of benzene rings is 2. The van der Waals surface area contributed by atoms with Crippen molar-refractivity contribution in [1.29, 1.82) is 0 Å². The minimum atomic E-state index is -1.86. The van der Waals surface area contributed by atoms with Gasteiger partial charge in [0.2, 0.25) is 0 Å². The van der Waals surface area contributed by atoms with Gasteiger partial charge in [0.25, 0.3) is 0 Å². The van der Waals surface area contributed by atoms with E-state index in [2.05, 4.69) is 56.3 Å². The van der Waals surface area contributed by atoms with Crippen LogP contribution in [0.2, 0.25) is 0 Å². The van der Waals surface area contributed by atoms with Crippen LogP contribution in [0.5, 0.6) is 5.75 Å². The van der Waals surface area contributed by atoms with Crippen LogP contribution in [0.25, 0.3) is 0 Å². The molecule has 0 unspecified atom stereocenters. The molecule has 18 heavy (non-hydrogen) atoms. The zero-order valence-electron chi connectivity index (χ0n) is 11.1. The van der Waals surface area contributed by atoms with Gasteiger partial charge < -0.3 is 0 Å². The Balaban J connectivity index is 2.33. The first-order valence-corrected chi connectivity index (χ1v) is 8.92. The predicted molar refractivity (Wildman–Crippen MR) is 82.5 cm³/mol. The second-order valence-corrected chi connectivity index (χ2v) is 8.67. The average Bonchev–Trinajstić information content (AvgIpc) is 2.47. The van der Waals surface area contributed by atoms with Crippen LogP contribution in [0.4, 0.5) is 0 Å². The van der Waals surface area contributed by atoms with Crippen LogP contribution < -0.4 is 9.83 Å². The van der Waals surface area contributed by atoms with Gasteiger partial charge in [-0.25, -0.2) is 0 Å². The summed E-state index contributed by atoms with van der Waals surface area (Å²) in [7, 11) is -1.86. The molecular formula is C16H21OP. The summed E-state index contributed by atoms with van der Waals surface area (Å²) in [5.41, 5.74) is 0. The van der Waals surface area contributed by atoms with Crippen LogP contribution in [-0.4, -0.2) is 12.3 Å². The van der Waals surface area contributed by atoms with Crippen molar-refractivity contribution in [3.8, 4) is 5.75 Å². The fraction of sp³-hybridized carbons (Fsp3) is 0.250. The molecule has 0 saturated heterocycles. The third-order valence-electron chi connectivity index (χ3n) is 3.50. The van der Waals surface area contributed by atoms with Crippen molar-refractivity contribution in [1.82, 2.24) is 0 Å². The summed E-state index contributed by atoms with van der Waals surface area (Å²) in [6.45, 7) is 4.48. The van der Waals surface area contributed by atoms with E-state index in [0.717, 1.165) is 18.1 Å².